The van der Waals surface area contributed by atoms with Gasteiger partial charge in [-0.3, -0.25) is 4.79 Å². The first-order valence-corrected chi connectivity index (χ1v) is 3.11. The molecule has 0 bridgehead atoms. The lowest BCUT2D eigenvalue weighted by atomic mass is 10.2. The standard InChI is InChI=1S/C8H12O/c1-3-5-7-8(9)6-4-2/h4-5,7H,2-3,6H2,1H3/b7-5+. The number of hydrogen-bond donors (Lipinski definition) is 0. The molecule has 0 aliphatic heterocycles. The summed E-state index contributed by atoms with van der Waals surface area (Å²) >= 11 is 0. The van der Waals surface area contributed by atoms with Gasteiger partial charge in [0.05, 0.1) is 0 Å². The maximum Gasteiger partial charge on any atom is 0.159 e. The van der Waals surface area contributed by atoms with Crippen LogP contribution >= 0.6 is 0 Å². The lowest BCUT2D eigenvalue weighted by Crippen LogP contribution is -1.87. The first-order chi connectivity index (χ1) is 4.31. The summed E-state index contributed by atoms with van der Waals surface area (Å²) in [5, 5.41) is 0. The minimum Gasteiger partial charge on any atom is -0.295 e. The smallest absolute Gasteiger partial charge is 0.159 e. The number of carbonyl (C=O) groups excluding carboxylic acids is 1. The Morgan fingerprint density at radius 3 is 2.78 bits per heavy atom. The molecule has 0 saturated carbocycles. The molecule has 0 atom stereocenters. The van der Waals surface area contributed by atoms with Gasteiger partial charge in [0.25, 0.3) is 0 Å². The molecule has 1 nitrogen and oxygen atoms in total. The number of allylic oxidation sites excluding steroid dienone is 3. The Labute approximate surface area is 56.1 Å². The molecule has 0 spiro atoms. The van der Waals surface area contributed by atoms with Crippen LogP contribution in [0.2, 0.25) is 0 Å². The highest BCUT2D eigenvalue weighted by molar-refractivity contribution is 5.90. The van der Waals surface area contributed by atoms with Gasteiger partial charge in [-0.1, -0.05) is 19.1 Å². The van der Waals surface area contributed by atoms with Gasteiger partial charge in [-0.25, -0.2) is 0 Å². The third kappa shape index (κ3) is 5.01. The minimum atomic E-state index is 0.131. The maximum absolute atomic E-state index is 10.6. The van der Waals surface area contributed by atoms with Gasteiger partial charge in [0.15, 0.2) is 5.78 Å². The van der Waals surface area contributed by atoms with Crippen LogP contribution in [0.15, 0.2) is 24.8 Å². The highest BCUT2D eigenvalue weighted by atomic mass is 16.1. The van der Waals surface area contributed by atoms with E-state index in [4.69, 9.17) is 0 Å². The quantitative estimate of drug-likeness (QED) is 0.414. The summed E-state index contributed by atoms with van der Waals surface area (Å²) in [6, 6.07) is 0. The van der Waals surface area contributed by atoms with Crippen molar-refractivity contribution in [1.82, 2.24) is 0 Å². The molecule has 9 heavy (non-hydrogen) atoms. The van der Waals surface area contributed by atoms with E-state index in [2.05, 4.69) is 6.58 Å². The normalized spacial score (nSPS) is 9.89. The van der Waals surface area contributed by atoms with Crippen molar-refractivity contribution in [3.63, 3.8) is 0 Å². The fourth-order valence-electron chi connectivity index (χ4n) is 0.460. The molecule has 0 saturated heterocycles. The predicted molar refractivity (Wildman–Crippen MR) is 39.3 cm³/mol. The Bertz CT molecular complexity index is 123. The van der Waals surface area contributed by atoms with E-state index in [-0.39, 0.29) is 5.78 Å². The third-order valence-corrected chi connectivity index (χ3v) is 0.885. The van der Waals surface area contributed by atoms with Crippen molar-refractivity contribution in [3.8, 4) is 0 Å². The summed E-state index contributed by atoms with van der Waals surface area (Å²) in [6.45, 7) is 5.45. The summed E-state index contributed by atoms with van der Waals surface area (Å²) in [5.74, 6) is 0.131. The van der Waals surface area contributed by atoms with Gasteiger partial charge < -0.3 is 0 Å². The number of carbonyl (C=O) groups is 1. The second-order valence-electron chi connectivity index (χ2n) is 1.77. The van der Waals surface area contributed by atoms with Crippen LogP contribution < -0.4 is 0 Å². The van der Waals surface area contributed by atoms with E-state index >= 15 is 0 Å². The Morgan fingerprint density at radius 1 is 1.67 bits per heavy atom. The molecule has 50 valence electrons. The fourth-order valence-corrected chi connectivity index (χ4v) is 0.460. The molecule has 1 heteroatoms. The van der Waals surface area contributed by atoms with Crippen molar-refractivity contribution >= 4 is 5.78 Å². The van der Waals surface area contributed by atoms with Crippen LogP contribution in [0, 0.1) is 0 Å². The van der Waals surface area contributed by atoms with Crippen LogP contribution in [0.3, 0.4) is 0 Å². The van der Waals surface area contributed by atoms with Crippen LogP contribution in [0.1, 0.15) is 19.8 Å². The molecule has 0 rings (SSSR count). The first kappa shape index (κ1) is 8.15. The SMILES string of the molecule is C=CCC(=O)/C=C/CC. The molecule has 0 aromatic heterocycles. The van der Waals surface area contributed by atoms with E-state index < -0.39 is 0 Å². The number of ketones is 1. The maximum atomic E-state index is 10.6. The molecular formula is C8H12O. The van der Waals surface area contributed by atoms with Crippen LogP contribution in [0.5, 0.6) is 0 Å². The van der Waals surface area contributed by atoms with E-state index in [1.54, 1.807) is 12.2 Å². The largest absolute Gasteiger partial charge is 0.295 e. The summed E-state index contributed by atoms with van der Waals surface area (Å²) < 4.78 is 0. The summed E-state index contributed by atoms with van der Waals surface area (Å²) in [4.78, 5) is 10.6. The van der Waals surface area contributed by atoms with Crippen LogP contribution in [-0.4, -0.2) is 5.78 Å². The molecule has 0 heterocycles. The van der Waals surface area contributed by atoms with Gasteiger partial charge >= 0.3 is 0 Å². The molecule has 0 aromatic carbocycles. The topological polar surface area (TPSA) is 17.1 Å². The monoisotopic (exact) mass is 124 g/mol. The second-order valence-corrected chi connectivity index (χ2v) is 1.77. The van der Waals surface area contributed by atoms with Crippen molar-refractivity contribution in [2.45, 2.75) is 19.8 Å². The Morgan fingerprint density at radius 2 is 2.33 bits per heavy atom. The van der Waals surface area contributed by atoms with E-state index in [1.807, 2.05) is 13.0 Å². The Hall–Kier alpha value is -0.850. The van der Waals surface area contributed by atoms with Crippen LogP contribution in [0.4, 0.5) is 0 Å². The lowest BCUT2D eigenvalue weighted by Gasteiger charge is -1.82. The average molecular weight is 124 g/mol. The summed E-state index contributed by atoms with van der Waals surface area (Å²) in [7, 11) is 0. The minimum absolute atomic E-state index is 0.131. The molecule has 0 aromatic rings. The van der Waals surface area contributed by atoms with Crippen LogP contribution in [-0.2, 0) is 4.79 Å². The Balaban J connectivity index is 3.49. The van der Waals surface area contributed by atoms with Gasteiger partial charge in [-0.05, 0) is 12.5 Å². The summed E-state index contributed by atoms with van der Waals surface area (Å²) in [6.07, 6.45) is 6.44. The first-order valence-electron chi connectivity index (χ1n) is 3.11. The zero-order valence-electron chi connectivity index (χ0n) is 5.76. The van der Waals surface area contributed by atoms with E-state index in [0.717, 1.165) is 6.42 Å². The molecule has 0 aliphatic carbocycles. The molecule has 0 fully saturated rings. The van der Waals surface area contributed by atoms with Crippen molar-refractivity contribution in [2.24, 2.45) is 0 Å². The van der Waals surface area contributed by atoms with Crippen LogP contribution in [0.25, 0.3) is 0 Å². The molecular weight excluding hydrogens is 112 g/mol. The van der Waals surface area contributed by atoms with E-state index in [0.29, 0.717) is 6.42 Å². The Kier molecular flexibility index (Phi) is 4.79. The van der Waals surface area contributed by atoms with Crippen molar-refractivity contribution in [2.75, 3.05) is 0 Å². The second kappa shape index (κ2) is 5.29. The molecule has 0 unspecified atom stereocenters. The lowest BCUT2D eigenvalue weighted by molar-refractivity contribution is -0.113. The summed E-state index contributed by atoms with van der Waals surface area (Å²) in [5.41, 5.74) is 0. The van der Waals surface area contributed by atoms with E-state index in [9.17, 15) is 4.79 Å². The molecule has 0 amide bonds. The highest BCUT2D eigenvalue weighted by Gasteiger charge is 1.87. The zero-order valence-corrected chi connectivity index (χ0v) is 5.76. The fraction of sp³-hybridized carbons (Fsp3) is 0.375. The van der Waals surface area contributed by atoms with Gasteiger partial charge in [0, 0.05) is 6.42 Å². The van der Waals surface area contributed by atoms with Crippen molar-refractivity contribution in [1.29, 1.82) is 0 Å². The molecule has 0 aliphatic rings. The van der Waals surface area contributed by atoms with Gasteiger partial charge in [0.1, 0.15) is 0 Å². The van der Waals surface area contributed by atoms with Gasteiger partial charge in [-0.15, -0.1) is 6.58 Å². The highest BCUT2D eigenvalue weighted by Crippen LogP contribution is 1.87. The van der Waals surface area contributed by atoms with Gasteiger partial charge in [-0.2, -0.15) is 0 Å². The van der Waals surface area contributed by atoms with E-state index in [1.165, 1.54) is 0 Å². The number of rotatable bonds is 4. The third-order valence-electron chi connectivity index (χ3n) is 0.885. The zero-order chi connectivity index (χ0) is 7.11. The van der Waals surface area contributed by atoms with Crippen molar-refractivity contribution in [3.05, 3.63) is 24.8 Å². The average Bonchev–Trinajstić information content (AvgIpc) is 1.85. The molecule has 0 radical (unpaired) electrons. The van der Waals surface area contributed by atoms with Crippen molar-refractivity contribution < 1.29 is 4.79 Å². The number of hydrogen-bond acceptors (Lipinski definition) is 1. The predicted octanol–water partition coefficient (Wildman–Crippen LogP) is 2.10. The molecule has 0 N–H and O–H groups in total. The van der Waals surface area contributed by atoms with Gasteiger partial charge in [0.2, 0.25) is 0 Å².